The van der Waals surface area contributed by atoms with Gasteiger partial charge in [0.05, 0.1) is 0 Å². The first-order valence-electron chi connectivity index (χ1n) is 3.63. The van der Waals surface area contributed by atoms with Gasteiger partial charge >= 0.3 is 5.97 Å². The molecule has 1 fully saturated rings. The van der Waals surface area contributed by atoms with Crippen LogP contribution in [0.4, 0.5) is 0 Å². The molecule has 0 heterocycles. The van der Waals surface area contributed by atoms with Crippen LogP contribution < -0.4 is 0 Å². The third-order valence-corrected chi connectivity index (χ3v) is 2.14. The Morgan fingerprint density at radius 2 is 2.10 bits per heavy atom. The van der Waals surface area contributed by atoms with Crippen molar-refractivity contribution in [3.63, 3.8) is 0 Å². The number of ether oxygens (including phenoxy) is 1. The van der Waals surface area contributed by atoms with Crippen LogP contribution >= 0.6 is 0 Å². The van der Waals surface area contributed by atoms with Crippen LogP contribution in [-0.2, 0) is 9.53 Å². The molecular weight excluding hydrogens is 128 g/mol. The predicted molar refractivity (Wildman–Crippen MR) is 38.2 cm³/mol. The lowest BCUT2D eigenvalue weighted by atomic mass is 9.73. The zero-order valence-corrected chi connectivity index (χ0v) is 6.63. The fourth-order valence-corrected chi connectivity index (χ4v) is 1.14. The second-order valence-electron chi connectivity index (χ2n) is 2.98. The van der Waals surface area contributed by atoms with E-state index < -0.39 is 0 Å². The van der Waals surface area contributed by atoms with Crippen molar-refractivity contribution in [3.8, 4) is 0 Å². The first-order chi connectivity index (χ1) is 4.61. The van der Waals surface area contributed by atoms with Crippen molar-refractivity contribution in [3.05, 3.63) is 6.42 Å². The van der Waals surface area contributed by atoms with Crippen molar-refractivity contribution >= 4 is 5.97 Å². The summed E-state index contributed by atoms with van der Waals surface area (Å²) in [6, 6.07) is 0. The van der Waals surface area contributed by atoms with E-state index in [-0.39, 0.29) is 12.1 Å². The van der Waals surface area contributed by atoms with Crippen molar-refractivity contribution in [2.75, 3.05) is 0 Å². The molecule has 0 spiro atoms. The molecule has 2 nitrogen and oxygen atoms in total. The summed E-state index contributed by atoms with van der Waals surface area (Å²) >= 11 is 0. The Bertz CT molecular complexity index is 142. The van der Waals surface area contributed by atoms with E-state index in [9.17, 15) is 4.79 Å². The third-order valence-electron chi connectivity index (χ3n) is 2.14. The predicted octanol–water partition coefficient (Wildman–Crippen LogP) is 1.41. The molecule has 0 saturated heterocycles. The molecule has 0 N–H and O–H groups in total. The number of carbonyl (C=O) groups is 1. The standard InChI is InChI=1S/C8H13O2/c1-5-4-8(6(5)2)10-7(3)9/h4-6,8H,1-3H3. The number of rotatable bonds is 1. The number of carbonyl (C=O) groups excluding carboxylic acids is 1. The van der Waals surface area contributed by atoms with E-state index in [0.717, 1.165) is 0 Å². The van der Waals surface area contributed by atoms with Crippen LogP contribution in [0.5, 0.6) is 0 Å². The minimum absolute atomic E-state index is 0.0764. The molecule has 1 saturated carbocycles. The fourth-order valence-electron chi connectivity index (χ4n) is 1.14. The maximum absolute atomic E-state index is 10.5. The van der Waals surface area contributed by atoms with E-state index >= 15 is 0 Å². The van der Waals surface area contributed by atoms with Crippen LogP contribution in [0.15, 0.2) is 0 Å². The molecule has 0 aromatic carbocycles. The lowest BCUT2D eigenvalue weighted by Gasteiger charge is -2.39. The van der Waals surface area contributed by atoms with Crippen LogP contribution in [0.3, 0.4) is 0 Å². The zero-order chi connectivity index (χ0) is 7.72. The summed E-state index contributed by atoms with van der Waals surface area (Å²) in [6.07, 6.45) is 2.14. The highest BCUT2D eigenvalue weighted by atomic mass is 16.5. The number of hydrogen-bond donors (Lipinski definition) is 0. The molecule has 1 radical (unpaired) electrons. The second kappa shape index (κ2) is 2.60. The quantitative estimate of drug-likeness (QED) is 0.516. The highest BCUT2D eigenvalue weighted by Crippen LogP contribution is 2.34. The summed E-state index contributed by atoms with van der Waals surface area (Å²) in [6.45, 7) is 5.67. The minimum atomic E-state index is -0.181. The summed E-state index contributed by atoms with van der Waals surface area (Å²) in [7, 11) is 0. The Morgan fingerprint density at radius 1 is 1.50 bits per heavy atom. The van der Waals surface area contributed by atoms with E-state index in [0.29, 0.717) is 11.8 Å². The largest absolute Gasteiger partial charge is 0.462 e. The molecule has 2 heteroatoms. The van der Waals surface area contributed by atoms with Crippen LogP contribution in [0.1, 0.15) is 20.8 Å². The molecule has 0 aromatic rings. The van der Waals surface area contributed by atoms with Gasteiger partial charge in [-0.3, -0.25) is 4.79 Å². The van der Waals surface area contributed by atoms with Gasteiger partial charge in [-0.25, -0.2) is 0 Å². The van der Waals surface area contributed by atoms with Gasteiger partial charge in [0.15, 0.2) is 0 Å². The Labute approximate surface area is 61.6 Å². The molecule has 1 aliphatic carbocycles. The Hall–Kier alpha value is -0.530. The van der Waals surface area contributed by atoms with Gasteiger partial charge in [-0.05, 0) is 11.8 Å². The SMILES string of the molecule is CC(=O)OC1[CH]C(C)C1C. The summed E-state index contributed by atoms with van der Waals surface area (Å²) in [4.78, 5) is 10.5. The Kier molecular flexibility index (Phi) is 1.97. The molecular formula is C8H13O2. The third kappa shape index (κ3) is 1.31. The average Bonchev–Trinajstić information content (AvgIpc) is 1.86. The second-order valence-corrected chi connectivity index (χ2v) is 2.98. The first kappa shape index (κ1) is 7.58. The Morgan fingerprint density at radius 3 is 2.40 bits per heavy atom. The first-order valence-corrected chi connectivity index (χ1v) is 3.63. The lowest BCUT2D eigenvalue weighted by Crippen LogP contribution is -2.41. The minimum Gasteiger partial charge on any atom is -0.462 e. The molecule has 0 amide bonds. The van der Waals surface area contributed by atoms with Gasteiger partial charge in [-0.2, -0.15) is 0 Å². The summed E-state index contributed by atoms with van der Waals surface area (Å²) in [5.41, 5.74) is 0. The van der Waals surface area contributed by atoms with E-state index in [2.05, 4.69) is 20.3 Å². The van der Waals surface area contributed by atoms with Gasteiger partial charge in [0.25, 0.3) is 0 Å². The molecule has 1 aliphatic rings. The smallest absolute Gasteiger partial charge is 0.302 e. The molecule has 0 aromatic heterocycles. The van der Waals surface area contributed by atoms with Crippen molar-refractivity contribution in [2.45, 2.75) is 26.9 Å². The van der Waals surface area contributed by atoms with Crippen molar-refractivity contribution in [2.24, 2.45) is 11.8 Å². The van der Waals surface area contributed by atoms with Gasteiger partial charge < -0.3 is 4.74 Å². The molecule has 3 unspecified atom stereocenters. The van der Waals surface area contributed by atoms with Crippen LogP contribution in [0.2, 0.25) is 0 Å². The molecule has 0 aliphatic heterocycles. The maximum Gasteiger partial charge on any atom is 0.302 e. The molecule has 1 rings (SSSR count). The van der Waals surface area contributed by atoms with Crippen LogP contribution in [0, 0.1) is 18.3 Å². The molecule has 0 bridgehead atoms. The summed E-state index contributed by atoms with van der Waals surface area (Å²) in [5, 5.41) is 0. The topological polar surface area (TPSA) is 26.3 Å². The van der Waals surface area contributed by atoms with E-state index in [1.54, 1.807) is 0 Å². The lowest BCUT2D eigenvalue weighted by molar-refractivity contribution is -0.152. The average molecular weight is 141 g/mol. The highest BCUT2D eigenvalue weighted by Gasteiger charge is 2.36. The van der Waals surface area contributed by atoms with Gasteiger partial charge in [0.2, 0.25) is 0 Å². The number of esters is 1. The fraction of sp³-hybridized carbons (Fsp3) is 0.750. The van der Waals surface area contributed by atoms with E-state index in [4.69, 9.17) is 4.74 Å². The van der Waals surface area contributed by atoms with E-state index in [1.807, 2.05) is 0 Å². The maximum atomic E-state index is 10.5. The number of hydrogen-bond acceptors (Lipinski definition) is 2. The zero-order valence-electron chi connectivity index (χ0n) is 6.63. The summed E-state index contributed by atoms with van der Waals surface area (Å²) < 4.78 is 4.97. The van der Waals surface area contributed by atoms with Crippen LogP contribution in [0.25, 0.3) is 0 Å². The van der Waals surface area contributed by atoms with Crippen molar-refractivity contribution in [1.29, 1.82) is 0 Å². The van der Waals surface area contributed by atoms with Crippen LogP contribution in [-0.4, -0.2) is 12.1 Å². The van der Waals surface area contributed by atoms with Gasteiger partial charge in [0.1, 0.15) is 6.10 Å². The van der Waals surface area contributed by atoms with Crippen molar-refractivity contribution in [1.82, 2.24) is 0 Å². The molecule has 10 heavy (non-hydrogen) atoms. The molecule has 3 atom stereocenters. The highest BCUT2D eigenvalue weighted by molar-refractivity contribution is 5.66. The van der Waals surface area contributed by atoms with Gasteiger partial charge in [-0.15, -0.1) is 0 Å². The van der Waals surface area contributed by atoms with Crippen molar-refractivity contribution < 1.29 is 9.53 Å². The Balaban J connectivity index is 2.27. The van der Waals surface area contributed by atoms with E-state index in [1.165, 1.54) is 6.92 Å². The van der Waals surface area contributed by atoms with Gasteiger partial charge in [-0.1, -0.05) is 13.8 Å². The normalized spacial score (nSPS) is 38.5. The summed E-state index contributed by atoms with van der Waals surface area (Å²) in [5.74, 6) is 0.924. The van der Waals surface area contributed by atoms with Gasteiger partial charge in [0, 0.05) is 13.3 Å². The monoisotopic (exact) mass is 141 g/mol. The molecule has 57 valence electrons.